The first kappa shape index (κ1) is 13.6. The Bertz CT molecular complexity index is 366. The van der Waals surface area contributed by atoms with Crippen LogP contribution in [0.3, 0.4) is 0 Å². The third kappa shape index (κ3) is 3.27. The van der Waals surface area contributed by atoms with Gasteiger partial charge in [0.1, 0.15) is 11.5 Å². The van der Waals surface area contributed by atoms with Gasteiger partial charge in [-0.1, -0.05) is 0 Å². The molecule has 0 heterocycles. The van der Waals surface area contributed by atoms with Crippen molar-refractivity contribution in [1.29, 1.82) is 0 Å². The summed E-state index contributed by atoms with van der Waals surface area (Å²) in [6, 6.07) is 3.93. The Morgan fingerprint density at radius 1 is 1.18 bits per heavy atom. The summed E-state index contributed by atoms with van der Waals surface area (Å²) in [6.45, 7) is 2.95. The standard InChI is InChI=1S/C13H21NO3/c1-10-8-13(17-4)11(9-12(10)16-3)14(2)6-5-7-15/h8-9,15H,5-7H2,1-4H3. The minimum Gasteiger partial charge on any atom is -0.496 e. The molecule has 0 aliphatic carbocycles. The van der Waals surface area contributed by atoms with Crippen LogP contribution in [-0.2, 0) is 0 Å². The smallest absolute Gasteiger partial charge is 0.142 e. The Labute approximate surface area is 103 Å². The van der Waals surface area contributed by atoms with Crippen molar-refractivity contribution in [3.05, 3.63) is 17.7 Å². The molecule has 4 heteroatoms. The molecule has 1 aromatic rings. The third-order valence-electron chi connectivity index (χ3n) is 2.76. The fraction of sp³-hybridized carbons (Fsp3) is 0.538. The molecule has 1 aromatic carbocycles. The first-order valence-corrected chi connectivity index (χ1v) is 5.68. The molecule has 0 saturated carbocycles. The topological polar surface area (TPSA) is 41.9 Å². The van der Waals surface area contributed by atoms with Gasteiger partial charge < -0.3 is 19.5 Å². The average Bonchev–Trinajstić information content (AvgIpc) is 2.35. The maximum absolute atomic E-state index is 8.85. The van der Waals surface area contributed by atoms with E-state index in [1.807, 2.05) is 26.1 Å². The third-order valence-corrected chi connectivity index (χ3v) is 2.76. The first-order valence-electron chi connectivity index (χ1n) is 5.68. The van der Waals surface area contributed by atoms with Gasteiger partial charge in [-0.15, -0.1) is 0 Å². The highest BCUT2D eigenvalue weighted by Crippen LogP contribution is 2.34. The van der Waals surface area contributed by atoms with Gasteiger partial charge in [-0.05, 0) is 25.0 Å². The van der Waals surface area contributed by atoms with E-state index in [1.165, 1.54) is 0 Å². The molecule has 0 bridgehead atoms. The van der Waals surface area contributed by atoms with Crippen LogP contribution in [0.4, 0.5) is 5.69 Å². The normalized spacial score (nSPS) is 10.2. The summed E-state index contributed by atoms with van der Waals surface area (Å²) in [5.41, 5.74) is 2.02. The van der Waals surface area contributed by atoms with Gasteiger partial charge in [0.15, 0.2) is 0 Å². The number of benzene rings is 1. The van der Waals surface area contributed by atoms with Crippen LogP contribution in [0.15, 0.2) is 12.1 Å². The number of rotatable bonds is 6. The molecule has 0 aliphatic rings. The number of aryl methyl sites for hydroxylation is 1. The average molecular weight is 239 g/mol. The Kier molecular flexibility index (Phi) is 5.10. The number of aliphatic hydroxyl groups is 1. The van der Waals surface area contributed by atoms with Gasteiger partial charge in [0.2, 0.25) is 0 Å². The highest BCUT2D eigenvalue weighted by Gasteiger charge is 2.11. The van der Waals surface area contributed by atoms with Gasteiger partial charge in [-0.25, -0.2) is 0 Å². The van der Waals surface area contributed by atoms with Crippen molar-refractivity contribution in [3.63, 3.8) is 0 Å². The lowest BCUT2D eigenvalue weighted by molar-refractivity contribution is 0.290. The molecular formula is C13H21NO3. The summed E-state index contributed by atoms with van der Waals surface area (Å²) in [6.07, 6.45) is 0.732. The van der Waals surface area contributed by atoms with Gasteiger partial charge in [0, 0.05) is 26.3 Å². The van der Waals surface area contributed by atoms with E-state index in [0.29, 0.717) is 0 Å². The van der Waals surface area contributed by atoms with E-state index in [-0.39, 0.29) is 6.61 Å². The highest BCUT2D eigenvalue weighted by molar-refractivity contribution is 5.63. The zero-order valence-corrected chi connectivity index (χ0v) is 11.0. The van der Waals surface area contributed by atoms with E-state index in [9.17, 15) is 0 Å². The number of ether oxygens (including phenoxy) is 2. The van der Waals surface area contributed by atoms with Crippen molar-refractivity contribution >= 4 is 5.69 Å². The zero-order chi connectivity index (χ0) is 12.8. The molecule has 0 fully saturated rings. The van der Waals surface area contributed by atoms with Gasteiger partial charge in [-0.3, -0.25) is 0 Å². The Morgan fingerprint density at radius 3 is 2.35 bits per heavy atom. The predicted molar refractivity (Wildman–Crippen MR) is 69.3 cm³/mol. The Morgan fingerprint density at radius 2 is 1.82 bits per heavy atom. The summed E-state index contributed by atoms with van der Waals surface area (Å²) >= 11 is 0. The second-order valence-electron chi connectivity index (χ2n) is 3.99. The molecule has 0 atom stereocenters. The lowest BCUT2D eigenvalue weighted by Crippen LogP contribution is -2.20. The van der Waals surface area contributed by atoms with Gasteiger partial charge in [-0.2, -0.15) is 0 Å². The minimum atomic E-state index is 0.190. The summed E-state index contributed by atoms with van der Waals surface area (Å²) in [4.78, 5) is 2.05. The minimum absolute atomic E-state index is 0.190. The predicted octanol–water partition coefficient (Wildman–Crippen LogP) is 1.83. The number of nitrogens with zero attached hydrogens (tertiary/aromatic N) is 1. The molecule has 1 N–H and O–H groups in total. The molecule has 96 valence electrons. The monoisotopic (exact) mass is 239 g/mol. The maximum Gasteiger partial charge on any atom is 0.142 e. The first-order chi connectivity index (χ1) is 8.13. The lowest BCUT2D eigenvalue weighted by Gasteiger charge is -2.22. The number of hydrogen-bond donors (Lipinski definition) is 1. The van der Waals surface area contributed by atoms with Crippen LogP contribution in [0.2, 0.25) is 0 Å². The largest absolute Gasteiger partial charge is 0.496 e. The quantitative estimate of drug-likeness (QED) is 0.822. The summed E-state index contributed by atoms with van der Waals surface area (Å²) in [5, 5.41) is 8.85. The second-order valence-corrected chi connectivity index (χ2v) is 3.99. The number of aliphatic hydroxyl groups excluding tert-OH is 1. The number of anilines is 1. The molecular weight excluding hydrogens is 218 g/mol. The molecule has 0 aliphatic heterocycles. The van der Waals surface area contributed by atoms with E-state index < -0.39 is 0 Å². The van der Waals surface area contributed by atoms with Crippen LogP contribution in [0.1, 0.15) is 12.0 Å². The summed E-state index contributed by atoms with van der Waals surface area (Å²) in [5.74, 6) is 1.67. The maximum atomic E-state index is 8.85. The lowest BCUT2D eigenvalue weighted by atomic mass is 10.1. The number of hydrogen-bond acceptors (Lipinski definition) is 4. The zero-order valence-electron chi connectivity index (χ0n) is 11.0. The van der Waals surface area contributed by atoms with Gasteiger partial charge >= 0.3 is 0 Å². The second kappa shape index (κ2) is 6.35. The van der Waals surface area contributed by atoms with Gasteiger partial charge in [0.25, 0.3) is 0 Å². The van der Waals surface area contributed by atoms with Crippen LogP contribution in [0, 0.1) is 6.92 Å². The van der Waals surface area contributed by atoms with E-state index in [1.54, 1.807) is 14.2 Å². The van der Waals surface area contributed by atoms with Crippen molar-refractivity contribution in [2.75, 3.05) is 39.3 Å². The SMILES string of the molecule is COc1cc(N(C)CCCO)c(OC)cc1C. The fourth-order valence-electron chi connectivity index (χ4n) is 1.76. The van der Waals surface area contributed by atoms with Gasteiger partial charge in [0.05, 0.1) is 19.9 Å². The van der Waals surface area contributed by atoms with Crippen molar-refractivity contribution < 1.29 is 14.6 Å². The molecule has 4 nitrogen and oxygen atoms in total. The van der Waals surface area contributed by atoms with Crippen molar-refractivity contribution in [2.45, 2.75) is 13.3 Å². The molecule has 0 amide bonds. The molecule has 0 unspecified atom stereocenters. The molecule has 1 rings (SSSR count). The van der Waals surface area contributed by atoms with E-state index in [0.717, 1.165) is 35.7 Å². The van der Waals surface area contributed by atoms with Crippen molar-refractivity contribution in [1.82, 2.24) is 0 Å². The number of methoxy groups -OCH3 is 2. The van der Waals surface area contributed by atoms with Crippen LogP contribution >= 0.6 is 0 Å². The Hall–Kier alpha value is -1.42. The van der Waals surface area contributed by atoms with Crippen molar-refractivity contribution in [2.24, 2.45) is 0 Å². The van der Waals surface area contributed by atoms with Crippen LogP contribution < -0.4 is 14.4 Å². The summed E-state index contributed by atoms with van der Waals surface area (Å²) in [7, 11) is 5.29. The van der Waals surface area contributed by atoms with Crippen LogP contribution in [0.5, 0.6) is 11.5 Å². The van der Waals surface area contributed by atoms with E-state index in [4.69, 9.17) is 14.6 Å². The van der Waals surface area contributed by atoms with Crippen LogP contribution in [-0.4, -0.2) is 39.5 Å². The highest BCUT2D eigenvalue weighted by atomic mass is 16.5. The van der Waals surface area contributed by atoms with Crippen molar-refractivity contribution in [3.8, 4) is 11.5 Å². The molecule has 0 radical (unpaired) electrons. The molecule has 0 spiro atoms. The molecule has 17 heavy (non-hydrogen) atoms. The molecule has 0 saturated heterocycles. The van der Waals surface area contributed by atoms with Crippen LogP contribution in [0.25, 0.3) is 0 Å². The molecule has 0 aromatic heterocycles. The van der Waals surface area contributed by atoms with E-state index >= 15 is 0 Å². The van der Waals surface area contributed by atoms with E-state index in [2.05, 4.69) is 4.90 Å². The summed E-state index contributed by atoms with van der Waals surface area (Å²) < 4.78 is 10.7. The Balaban J connectivity index is 3.02. The fourth-order valence-corrected chi connectivity index (χ4v) is 1.76.